The van der Waals surface area contributed by atoms with Crippen LogP contribution in [0.5, 0.6) is 0 Å². The molecule has 1 N–H and O–H groups in total. The summed E-state index contributed by atoms with van der Waals surface area (Å²) < 4.78 is 5.54. The van der Waals surface area contributed by atoms with Gasteiger partial charge >= 0.3 is 6.09 Å². The second-order valence-corrected chi connectivity index (χ2v) is 9.21. The Morgan fingerprint density at radius 2 is 2.08 bits per heavy atom. The van der Waals surface area contributed by atoms with E-state index in [0.717, 1.165) is 30.9 Å². The molecule has 1 aromatic rings. The Labute approximate surface area is 155 Å². The van der Waals surface area contributed by atoms with Crippen molar-refractivity contribution >= 4 is 17.9 Å². The van der Waals surface area contributed by atoms with Crippen molar-refractivity contribution in [1.82, 2.24) is 10.2 Å². The maximum Gasteiger partial charge on any atom is 0.410 e. The lowest BCUT2D eigenvalue weighted by Gasteiger charge is -2.40. The van der Waals surface area contributed by atoms with Gasteiger partial charge in [0.15, 0.2) is 0 Å². The predicted molar refractivity (Wildman–Crippen MR) is 104 cm³/mol. The van der Waals surface area contributed by atoms with Crippen LogP contribution in [0.4, 0.5) is 4.79 Å². The number of piperidine rings is 1. The molecule has 5 heteroatoms. The van der Waals surface area contributed by atoms with Crippen LogP contribution in [0.15, 0.2) is 24.3 Å². The van der Waals surface area contributed by atoms with Gasteiger partial charge in [-0.25, -0.2) is 4.79 Å². The number of thioether (sulfide) groups is 1. The minimum atomic E-state index is -0.436. The maximum absolute atomic E-state index is 12.4. The molecule has 1 amide bonds. The highest BCUT2D eigenvalue weighted by Gasteiger charge is 2.33. The molecule has 0 bridgehead atoms. The van der Waals surface area contributed by atoms with E-state index >= 15 is 0 Å². The minimum absolute atomic E-state index is 0.183. The Kier molecular flexibility index (Phi) is 5.64. The van der Waals surface area contributed by atoms with Crippen LogP contribution in [-0.4, -0.2) is 41.0 Å². The molecule has 3 rings (SSSR count). The quantitative estimate of drug-likeness (QED) is 0.849. The van der Waals surface area contributed by atoms with Crippen LogP contribution in [0.3, 0.4) is 0 Å². The summed E-state index contributed by atoms with van der Waals surface area (Å²) in [5.41, 5.74) is 2.47. The molecule has 0 spiro atoms. The molecule has 0 aromatic heterocycles. The van der Waals surface area contributed by atoms with Crippen LogP contribution in [0.1, 0.15) is 57.7 Å². The molecule has 1 aromatic carbocycles. The molecule has 4 nitrogen and oxygen atoms in total. The number of carbonyl (C=O) groups excluding carboxylic acids is 1. The lowest BCUT2D eigenvalue weighted by Crippen LogP contribution is -2.51. The average molecular weight is 363 g/mol. The first-order valence-electron chi connectivity index (χ1n) is 9.25. The van der Waals surface area contributed by atoms with Crippen LogP contribution >= 0.6 is 11.8 Å². The standard InChI is InChI=1S/C20H30N2O2S/c1-14-11-16(9-10-22(14)19(23)24-20(2,3)4)21-18-13-25-12-15-7-5-6-8-17(15)18/h5-8,14,16,18,21H,9-13H2,1-4H3. The van der Waals surface area contributed by atoms with Gasteiger partial charge in [-0.15, -0.1) is 0 Å². The third-order valence-corrected chi connectivity index (χ3v) is 6.00. The third-order valence-electron chi connectivity index (χ3n) is 4.91. The van der Waals surface area contributed by atoms with Gasteiger partial charge in [0.05, 0.1) is 0 Å². The van der Waals surface area contributed by atoms with Crippen molar-refractivity contribution in [2.75, 3.05) is 12.3 Å². The summed E-state index contributed by atoms with van der Waals surface area (Å²) in [6.45, 7) is 8.64. The highest BCUT2D eigenvalue weighted by molar-refractivity contribution is 7.98. The molecule has 0 saturated carbocycles. The van der Waals surface area contributed by atoms with E-state index in [-0.39, 0.29) is 12.1 Å². The largest absolute Gasteiger partial charge is 0.444 e. The number of amides is 1. The monoisotopic (exact) mass is 362 g/mol. The molecule has 3 unspecified atom stereocenters. The summed E-state index contributed by atoms with van der Waals surface area (Å²) in [7, 11) is 0. The molecule has 3 atom stereocenters. The molecular formula is C20H30N2O2S. The smallest absolute Gasteiger partial charge is 0.410 e. The number of nitrogens with zero attached hydrogens (tertiary/aromatic N) is 1. The Morgan fingerprint density at radius 3 is 2.80 bits per heavy atom. The van der Waals surface area contributed by atoms with Crippen LogP contribution < -0.4 is 5.32 Å². The molecule has 2 aliphatic rings. The SMILES string of the molecule is CC1CC(NC2CSCc3ccccc32)CCN1C(=O)OC(C)(C)C. The Balaban J connectivity index is 1.58. The van der Waals surface area contributed by atoms with E-state index in [4.69, 9.17) is 4.74 Å². The third kappa shape index (κ3) is 4.70. The van der Waals surface area contributed by atoms with Crippen molar-refractivity contribution in [3.8, 4) is 0 Å². The first-order valence-corrected chi connectivity index (χ1v) is 10.4. The number of hydrogen-bond acceptors (Lipinski definition) is 4. The lowest BCUT2D eigenvalue weighted by molar-refractivity contribution is 0.00906. The number of rotatable bonds is 2. The summed E-state index contributed by atoms with van der Waals surface area (Å²) in [5, 5.41) is 3.85. The topological polar surface area (TPSA) is 41.6 Å². The molecule has 1 saturated heterocycles. The van der Waals surface area contributed by atoms with Gasteiger partial charge in [0.25, 0.3) is 0 Å². The zero-order valence-electron chi connectivity index (χ0n) is 15.7. The number of ether oxygens (including phenoxy) is 1. The molecular weight excluding hydrogens is 332 g/mol. The number of carbonyl (C=O) groups is 1. The van der Waals surface area contributed by atoms with E-state index in [1.165, 1.54) is 11.1 Å². The van der Waals surface area contributed by atoms with Crippen molar-refractivity contribution in [2.45, 2.75) is 70.0 Å². The number of hydrogen-bond donors (Lipinski definition) is 1. The zero-order valence-corrected chi connectivity index (χ0v) is 16.6. The van der Waals surface area contributed by atoms with Gasteiger partial charge in [-0.2, -0.15) is 11.8 Å². The van der Waals surface area contributed by atoms with Crippen molar-refractivity contribution in [3.05, 3.63) is 35.4 Å². The number of likely N-dealkylation sites (tertiary alicyclic amines) is 1. The van der Waals surface area contributed by atoms with Gasteiger partial charge in [-0.1, -0.05) is 24.3 Å². The lowest BCUT2D eigenvalue weighted by atomic mass is 9.95. The Morgan fingerprint density at radius 1 is 1.32 bits per heavy atom. The van der Waals surface area contributed by atoms with E-state index in [1.54, 1.807) is 0 Å². The van der Waals surface area contributed by atoms with Gasteiger partial charge in [0, 0.05) is 36.2 Å². The number of fused-ring (bicyclic) bond motifs is 1. The first-order chi connectivity index (χ1) is 11.8. The predicted octanol–water partition coefficient (Wildman–Crippen LogP) is 4.35. The highest BCUT2D eigenvalue weighted by Crippen LogP contribution is 2.33. The van der Waals surface area contributed by atoms with Gasteiger partial charge in [-0.05, 0) is 51.7 Å². The van der Waals surface area contributed by atoms with Gasteiger partial charge < -0.3 is 15.0 Å². The van der Waals surface area contributed by atoms with Crippen molar-refractivity contribution in [2.24, 2.45) is 0 Å². The van der Waals surface area contributed by atoms with Gasteiger partial charge in [-0.3, -0.25) is 0 Å². The van der Waals surface area contributed by atoms with Gasteiger partial charge in [0.2, 0.25) is 0 Å². The van der Waals surface area contributed by atoms with E-state index < -0.39 is 5.60 Å². The van der Waals surface area contributed by atoms with Crippen molar-refractivity contribution in [3.63, 3.8) is 0 Å². The zero-order chi connectivity index (χ0) is 18.0. The summed E-state index contributed by atoms with van der Waals surface area (Å²) >= 11 is 2.00. The average Bonchev–Trinajstić information content (AvgIpc) is 2.53. The molecule has 138 valence electrons. The Bertz CT molecular complexity index is 614. The van der Waals surface area contributed by atoms with E-state index in [0.29, 0.717) is 12.1 Å². The van der Waals surface area contributed by atoms with Crippen LogP contribution in [-0.2, 0) is 10.5 Å². The summed E-state index contributed by atoms with van der Waals surface area (Å²) in [4.78, 5) is 14.2. The molecule has 1 fully saturated rings. The van der Waals surface area contributed by atoms with Crippen molar-refractivity contribution < 1.29 is 9.53 Å². The van der Waals surface area contributed by atoms with Crippen molar-refractivity contribution in [1.29, 1.82) is 0 Å². The number of benzene rings is 1. The maximum atomic E-state index is 12.4. The molecule has 2 heterocycles. The fourth-order valence-electron chi connectivity index (χ4n) is 3.72. The van der Waals surface area contributed by atoms with Crippen LogP contribution in [0, 0.1) is 0 Å². The molecule has 0 aliphatic carbocycles. The van der Waals surface area contributed by atoms with E-state index in [1.807, 2.05) is 37.4 Å². The number of nitrogens with one attached hydrogen (secondary N) is 1. The normalized spacial score (nSPS) is 26.9. The van der Waals surface area contributed by atoms with E-state index in [9.17, 15) is 4.79 Å². The van der Waals surface area contributed by atoms with Gasteiger partial charge in [0.1, 0.15) is 5.60 Å². The fourth-order valence-corrected chi connectivity index (χ4v) is 4.83. The molecule has 0 radical (unpaired) electrons. The molecule has 2 aliphatic heterocycles. The molecule has 25 heavy (non-hydrogen) atoms. The minimum Gasteiger partial charge on any atom is -0.444 e. The van der Waals surface area contributed by atoms with Crippen LogP contribution in [0.2, 0.25) is 0 Å². The summed E-state index contributed by atoms with van der Waals surface area (Å²) in [6.07, 6.45) is 1.77. The van der Waals surface area contributed by atoms with E-state index in [2.05, 4.69) is 36.5 Å². The second-order valence-electron chi connectivity index (χ2n) is 8.18. The Hall–Kier alpha value is -1.20. The second kappa shape index (κ2) is 7.58. The fraction of sp³-hybridized carbons (Fsp3) is 0.650. The summed E-state index contributed by atoms with van der Waals surface area (Å²) in [5.74, 6) is 2.24. The first kappa shape index (κ1) is 18.6. The summed E-state index contributed by atoms with van der Waals surface area (Å²) in [6, 6.07) is 9.83. The van der Waals surface area contributed by atoms with Crippen LogP contribution in [0.25, 0.3) is 0 Å². The highest BCUT2D eigenvalue weighted by atomic mass is 32.2.